The van der Waals surface area contributed by atoms with Crippen LogP contribution in [0, 0.1) is 0 Å². The molecule has 1 aromatic carbocycles. The lowest BCUT2D eigenvalue weighted by Gasteiger charge is -2.07. The van der Waals surface area contributed by atoms with Gasteiger partial charge in [-0.3, -0.25) is 0 Å². The summed E-state index contributed by atoms with van der Waals surface area (Å²) in [7, 11) is 0. The molecule has 2 rings (SSSR count). The van der Waals surface area contributed by atoms with Crippen molar-refractivity contribution in [1.29, 1.82) is 0 Å². The molecule has 1 heterocycles. The largest absolute Gasteiger partial charge is 0.477 e. The van der Waals surface area contributed by atoms with E-state index in [1.165, 1.54) is 12.1 Å². The molecule has 0 atom stereocenters. The van der Waals surface area contributed by atoms with Gasteiger partial charge in [-0.15, -0.1) is 11.3 Å². The van der Waals surface area contributed by atoms with Crippen molar-refractivity contribution >= 4 is 43.3 Å². The van der Waals surface area contributed by atoms with Gasteiger partial charge in [-0.05, 0) is 18.2 Å². The number of hydrogen-bond donors (Lipinski definition) is 1. The van der Waals surface area contributed by atoms with E-state index in [1.807, 2.05) is 0 Å². The van der Waals surface area contributed by atoms with Gasteiger partial charge < -0.3 is 5.11 Å². The summed E-state index contributed by atoms with van der Waals surface area (Å²) in [6, 6.07) is 3.44. The molecule has 0 bridgehead atoms. The summed E-state index contributed by atoms with van der Waals surface area (Å²) in [5.41, 5.74) is -0.812. The maximum Gasteiger partial charge on any atom is 0.417 e. The molecule has 0 spiro atoms. The molecule has 7 heteroatoms. The van der Waals surface area contributed by atoms with Crippen molar-refractivity contribution in [3.8, 4) is 0 Å². The zero-order valence-corrected chi connectivity index (χ0v) is 10.4. The summed E-state index contributed by atoms with van der Waals surface area (Å²) < 4.78 is 38.5. The topological polar surface area (TPSA) is 37.3 Å². The smallest absolute Gasteiger partial charge is 0.417 e. The molecule has 90 valence electrons. The fraction of sp³-hybridized carbons (Fsp3) is 0.100. The van der Waals surface area contributed by atoms with Crippen LogP contribution in [0.5, 0.6) is 0 Å². The lowest BCUT2D eigenvalue weighted by Crippen LogP contribution is -2.04. The first-order valence-electron chi connectivity index (χ1n) is 4.33. The third kappa shape index (κ3) is 2.16. The minimum Gasteiger partial charge on any atom is -0.477 e. The molecule has 17 heavy (non-hydrogen) atoms. The van der Waals surface area contributed by atoms with Gasteiger partial charge in [0.15, 0.2) is 0 Å². The molecule has 0 saturated carbocycles. The van der Waals surface area contributed by atoms with Crippen LogP contribution < -0.4 is 0 Å². The number of carboxylic acid groups (broad SMARTS) is 1. The summed E-state index contributed by atoms with van der Waals surface area (Å²) in [4.78, 5) is 10.6. The van der Waals surface area contributed by atoms with Gasteiger partial charge in [0.2, 0.25) is 0 Å². The highest BCUT2D eigenvalue weighted by atomic mass is 79.9. The maximum absolute atomic E-state index is 12.7. The zero-order valence-electron chi connectivity index (χ0n) is 8.01. The minimum absolute atomic E-state index is 0.0655. The van der Waals surface area contributed by atoms with Gasteiger partial charge in [0, 0.05) is 14.6 Å². The van der Waals surface area contributed by atoms with Crippen molar-refractivity contribution in [2.24, 2.45) is 0 Å². The molecule has 0 radical (unpaired) electrons. The van der Waals surface area contributed by atoms with Crippen molar-refractivity contribution in [3.05, 3.63) is 33.1 Å². The molecule has 0 aliphatic heterocycles. The number of thiophene rings is 1. The Morgan fingerprint density at radius 2 is 2.00 bits per heavy atom. The second-order valence-electron chi connectivity index (χ2n) is 3.25. The normalized spacial score (nSPS) is 12.0. The van der Waals surface area contributed by atoms with Crippen molar-refractivity contribution in [1.82, 2.24) is 0 Å². The molecule has 0 unspecified atom stereocenters. The first-order valence-corrected chi connectivity index (χ1v) is 5.94. The van der Waals surface area contributed by atoms with Gasteiger partial charge in [0.25, 0.3) is 0 Å². The third-order valence-electron chi connectivity index (χ3n) is 2.15. The molecule has 0 aliphatic rings. The van der Waals surface area contributed by atoms with Crippen LogP contribution in [0.15, 0.2) is 22.7 Å². The van der Waals surface area contributed by atoms with E-state index < -0.39 is 17.7 Å². The van der Waals surface area contributed by atoms with E-state index >= 15 is 0 Å². The Kier molecular flexibility index (Phi) is 2.90. The second kappa shape index (κ2) is 3.99. The van der Waals surface area contributed by atoms with Crippen LogP contribution in [0.3, 0.4) is 0 Å². The Bertz CT molecular complexity index is 603. The highest BCUT2D eigenvalue weighted by Gasteiger charge is 2.34. The summed E-state index contributed by atoms with van der Waals surface area (Å²) in [6.45, 7) is 0. The van der Waals surface area contributed by atoms with Gasteiger partial charge in [-0.1, -0.05) is 15.9 Å². The Morgan fingerprint density at radius 3 is 2.53 bits per heavy atom. The number of carbonyl (C=O) groups is 1. The molecular weight excluding hydrogens is 321 g/mol. The highest BCUT2D eigenvalue weighted by molar-refractivity contribution is 9.10. The number of alkyl halides is 3. The number of benzene rings is 1. The standard InChI is InChI=1S/C10H4BrF3O2S/c11-6-2-1-5(10(12,13)14)8-4(6)3-7(17-8)9(15)16/h1-3H,(H,15,16). The van der Waals surface area contributed by atoms with Crippen molar-refractivity contribution < 1.29 is 23.1 Å². The average Bonchev–Trinajstić information content (AvgIpc) is 2.61. The van der Waals surface area contributed by atoms with Crippen molar-refractivity contribution in [2.45, 2.75) is 6.18 Å². The highest BCUT2D eigenvalue weighted by Crippen LogP contribution is 2.41. The molecule has 2 nitrogen and oxygen atoms in total. The molecule has 0 aliphatic carbocycles. The van der Waals surface area contributed by atoms with E-state index in [0.29, 0.717) is 15.8 Å². The number of hydrogen-bond acceptors (Lipinski definition) is 2. The molecule has 1 N–H and O–H groups in total. The van der Waals surface area contributed by atoms with Crippen LogP contribution in [0.4, 0.5) is 13.2 Å². The van der Waals surface area contributed by atoms with Gasteiger partial charge in [-0.2, -0.15) is 13.2 Å². The lowest BCUT2D eigenvalue weighted by molar-refractivity contribution is -0.136. The summed E-state index contributed by atoms with van der Waals surface area (Å²) in [5, 5.41) is 9.05. The zero-order chi connectivity index (χ0) is 12.8. The van der Waals surface area contributed by atoms with E-state index in [-0.39, 0.29) is 15.0 Å². The number of rotatable bonds is 1. The van der Waals surface area contributed by atoms with Gasteiger partial charge in [-0.25, -0.2) is 4.79 Å². The van der Waals surface area contributed by atoms with Gasteiger partial charge in [0.05, 0.1) is 5.56 Å². The monoisotopic (exact) mass is 324 g/mol. The predicted octanol–water partition coefficient (Wildman–Crippen LogP) is 4.38. The summed E-state index contributed by atoms with van der Waals surface area (Å²) in [6.07, 6.45) is -4.49. The number of halogens is 4. The van der Waals surface area contributed by atoms with Crippen LogP contribution in [0.1, 0.15) is 15.2 Å². The Morgan fingerprint density at radius 1 is 1.35 bits per heavy atom. The van der Waals surface area contributed by atoms with E-state index in [4.69, 9.17) is 5.11 Å². The van der Waals surface area contributed by atoms with Crippen LogP contribution in [0.25, 0.3) is 10.1 Å². The third-order valence-corrected chi connectivity index (χ3v) is 3.99. The Labute approximate surface area is 106 Å². The van der Waals surface area contributed by atoms with E-state index in [0.717, 1.165) is 6.07 Å². The molecule has 0 amide bonds. The van der Waals surface area contributed by atoms with Crippen LogP contribution in [-0.4, -0.2) is 11.1 Å². The molecule has 0 saturated heterocycles. The number of aromatic carboxylic acids is 1. The lowest BCUT2D eigenvalue weighted by atomic mass is 10.1. The van der Waals surface area contributed by atoms with Crippen LogP contribution in [-0.2, 0) is 6.18 Å². The summed E-state index contributed by atoms with van der Waals surface area (Å²) >= 11 is 3.73. The van der Waals surface area contributed by atoms with E-state index in [2.05, 4.69) is 15.9 Å². The number of carboxylic acids is 1. The molecule has 2 aromatic rings. The second-order valence-corrected chi connectivity index (χ2v) is 5.16. The maximum atomic E-state index is 12.7. The molecule has 1 aromatic heterocycles. The minimum atomic E-state index is -4.49. The predicted molar refractivity (Wildman–Crippen MR) is 61.5 cm³/mol. The van der Waals surface area contributed by atoms with Crippen molar-refractivity contribution in [3.63, 3.8) is 0 Å². The van der Waals surface area contributed by atoms with Gasteiger partial charge in [0.1, 0.15) is 4.88 Å². The molecular formula is C10H4BrF3O2S. The fourth-order valence-electron chi connectivity index (χ4n) is 1.42. The Hall–Kier alpha value is -1.08. The van der Waals surface area contributed by atoms with Crippen LogP contribution >= 0.6 is 27.3 Å². The van der Waals surface area contributed by atoms with Gasteiger partial charge >= 0.3 is 12.1 Å². The Balaban J connectivity index is 2.81. The quantitative estimate of drug-likeness (QED) is 0.845. The first kappa shape index (κ1) is 12.4. The fourth-order valence-corrected chi connectivity index (χ4v) is 3.05. The number of fused-ring (bicyclic) bond motifs is 1. The SMILES string of the molecule is O=C(O)c1cc2c(Br)ccc(C(F)(F)F)c2s1. The van der Waals surface area contributed by atoms with E-state index in [1.54, 1.807) is 0 Å². The molecule has 0 fully saturated rings. The van der Waals surface area contributed by atoms with E-state index in [9.17, 15) is 18.0 Å². The first-order chi connectivity index (χ1) is 7.80. The summed E-state index contributed by atoms with van der Waals surface area (Å²) in [5.74, 6) is -1.23. The van der Waals surface area contributed by atoms with Crippen LogP contribution in [0.2, 0.25) is 0 Å². The van der Waals surface area contributed by atoms with Crippen molar-refractivity contribution in [2.75, 3.05) is 0 Å². The average molecular weight is 325 g/mol.